The molecule has 1 fully saturated rings. The highest BCUT2D eigenvalue weighted by Crippen LogP contribution is 2.86. The summed E-state index contributed by atoms with van der Waals surface area (Å²) in [5, 5.41) is 0. The Morgan fingerprint density at radius 2 is 0.692 bits per heavy atom. The van der Waals surface area contributed by atoms with Gasteiger partial charge in [-0.25, -0.2) is 0 Å². The van der Waals surface area contributed by atoms with Crippen LogP contribution in [0.5, 0.6) is 0 Å². The topological polar surface area (TPSA) is 0 Å². The van der Waals surface area contributed by atoms with Gasteiger partial charge in [-0.1, -0.05) is 108 Å². The van der Waals surface area contributed by atoms with Gasteiger partial charge in [-0.2, -0.15) is 0 Å². The Hall–Kier alpha value is -0.260. The lowest BCUT2D eigenvalue weighted by Gasteiger charge is -2.83. The van der Waals surface area contributed by atoms with Crippen molar-refractivity contribution in [1.29, 1.82) is 0 Å². The van der Waals surface area contributed by atoms with Crippen molar-refractivity contribution >= 4 is 0 Å². The molecule has 0 saturated heterocycles. The van der Waals surface area contributed by atoms with Crippen molar-refractivity contribution in [3.63, 3.8) is 0 Å². The Balaban J connectivity index is 3.30. The standard InChI is InChI=1S/C26H48/c1-17-18(2)25(15)21(7,8)23(11,12)26(16,20(5,6)19(17,3)4)24(13,14)22(25,9)10/h1-16H3. The maximum atomic E-state index is 2.63. The maximum Gasteiger partial charge on any atom is -0.000356 e. The average Bonchev–Trinajstić information content (AvgIpc) is 2.48. The number of allylic oxidation sites excluding steroid dienone is 2. The second-order valence-corrected chi connectivity index (χ2v) is 13.2. The van der Waals surface area contributed by atoms with Gasteiger partial charge in [0.2, 0.25) is 0 Å². The molecule has 2 bridgehead atoms. The first kappa shape index (κ1) is 22.0. The summed E-state index contributed by atoms with van der Waals surface area (Å²) in [5.74, 6) is 0. The first-order valence-electron chi connectivity index (χ1n) is 10.8. The van der Waals surface area contributed by atoms with Crippen LogP contribution in [0.2, 0.25) is 0 Å². The third kappa shape index (κ3) is 1.59. The summed E-state index contributed by atoms with van der Waals surface area (Å²) in [7, 11) is 0. The minimum absolute atomic E-state index is 0.129. The molecule has 0 atom stereocenters. The molecule has 0 radical (unpaired) electrons. The van der Waals surface area contributed by atoms with Gasteiger partial charge in [0.15, 0.2) is 0 Å². The van der Waals surface area contributed by atoms with E-state index in [-0.39, 0.29) is 43.3 Å². The van der Waals surface area contributed by atoms with E-state index in [0.29, 0.717) is 0 Å². The predicted molar refractivity (Wildman–Crippen MR) is 117 cm³/mol. The van der Waals surface area contributed by atoms with Crippen LogP contribution in [0.4, 0.5) is 0 Å². The van der Waals surface area contributed by atoms with Gasteiger partial charge in [0, 0.05) is 0 Å². The molecule has 0 heteroatoms. The van der Waals surface area contributed by atoms with E-state index in [1.165, 1.54) is 0 Å². The van der Waals surface area contributed by atoms with E-state index in [9.17, 15) is 0 Å². The summed E-state index contributed by atoms with van der Waals surface area (Å²) in [6.45, 7) is 40.8. The Kier molecular flexibility index (Phi) is 4.09. The van der Waals surface area contributed by atoms with E-state index in [1.807, 2.05) is 0 Å². The largest absolute Gasteiger partial charge is 0.0676 e. The minimum atomic E-state index is 0.129. The SMILES string of the molecule is CC1=C(C)C2(C)C(C)(C)C(C)(C)C(C)(C(C)(C)C1(C)C)C(C)(C)C2(C)C. The van der Waals surface area contributed by atoms with E-state index >= 15 is 0 Å². The molecular weight excluding hydrogens is 312 g/mol. The molecule has 0 aromatic rings. The van der Waals surface area contributed by atoms with Gasteiger partial charge in [-0.3, -0.25) is 0 Å². The molecule has 1 saturated carbocycles. The van der Waals surface area contributed by atoms with E-state index in [2.05, 4.69) is 111 Å². The minimum Gasteiger partial charge on any atom is -0.0676 e. The van der Waals surface area contributed by atoms with Gasteiger partial charge in [0.1, 0.15) is 0 Å². The van der Waals surface area contributed by atoms with Gasteiger partial charge >= 0.3 is 0 Å². The monoisotopic (exact) mass is 360 g/mol. The first-order valence-corrected chi connectivity index (χ1v) is 10.8. The van der Waals surface area contributed by atoms with Crippen LogP contribution >= 0.6 is 0 Å². The zero-order valence-corrected chi connectivity index (χ0v) is 21.0. The number of fused-ring (bicyclic) bond motifs is 4. The fraction of sp³-hybridized carbons (Fsp3) is 0.923. The third-order valence-corrected chi connectivity index (χ3v) is 13.2. The summed E-state index contributed by atoms with van der Waals surface area (Å²) in [6, 6.07) is 0. The molecule has 0 spiro atoms. The lowest BCUT2D eigenvalue weighted by Crippen LogP contribution is -2.78. The molecular formula is C26H48. The Morgan fingerprint density at radius 1 is 0.385 bits per heavy atom. The molecule has 3 rings (SSSR count). The van der Waals surface area contributed by atoms with Crippen molar-refractivity contribution < 1.29 is 0 Å². The van der Waals surface area contributed by atoms with Gasteiger partial charge < -0.3 is 0 Å². The summed E-state index contributed by atoms with van der Waals surface area (Å²) in [4.78, 5) is 0. The summed E-state index contributed by atoms with van der Waals surface area (Å²) >= 11 is 0. The van der Waals surface area contributed by atoms with Crippen LogP contribution in [0.15, 0.2) is 11.1 Å². The number of rotatable bonds is 0. The molecule has 3 aliphatic carbocycles. The molecule has 0 N–H and O–H groups in total. The number of hydrogen-bond donors (Lipinski definition) is 0. The van der Waals surface area contributed by atoms with Crippen molar-refractivity contribution in [3.05, 3.63) is 11.1 Å². The molecule has 0 heterocycles. The molecule has 0 aromatic heterocycles. The van der Waals surface area contributed by atoms with Crippen LogP contribution < -0.4 is 0 Å². The highest BCUT2D eigenvalue weighted by Gasteiger charge is 2.80. The van der Waals surface area contributed by atoms with Crippen LogP contribution in [0, 0.1) is 43.3 Å². The average molecular weight is 361 g/mol. The normalized spacial score (nSPS) is 41.5. The smallest absolute Gasteiger partial charge is 0.000356 e. The third-order valence-electron chi connectivity index (χ3n) is 13.2. The van der Waals surface area contributed by atoms with Crippen molar-refractivity contribution in [2.75, 3.05) is 0 Å². The molecule has 0 unspecified atom stereocenters. The maximum absolute atomic E-state index is 2.63. The van der Waals surface area contributed by atoms with Gasteiger partial charge in [0.25, 0.3) is 0 Å². The zero-order chi connectivity index (χ0) is 21.2. The fourth-order valence-electron chi connectivity index (χ4n) is 8.50. The van der Waals surface area contributed by atoms with Crippen molar-refractivity contribution in [2.45, 2.75) is 111 Å². The first-order chi connectivity index (χ1) is 11.1. The highest BCUT2D eigenvalue weighted by molar-refractivity contribution is 5.40. The summed E-state index contributed by atoms with van der Waals surface area (Å²) in [6.07, 6.45) is 0. The molecule has 152 valence electrons. The Labute approximate surface area is 165 Å². The number of hydrogen-bond acceptors (Lipinski definition) is 0. The van der Waals surface area contributed by atoms with Gasteiger partial charge in [-0.05, 0) is 57.2 Å². The van der Waals surface area contributed by atoms with E-state index < -0.39 is 0 Å². The van der Waals surface area contributed by atoms with E-state index in [0.717, 1.165) is 0 Å². The van der Waals surface area contributed by atoms with Crippen LogP contribution in [0.25, 0.3) is 0 Å². The van der Waals surface area contributed by atoms with Crippen molar-refractivity contribution in [1.82, 2.24) is 0 Å². The lowest BCUT2D eigenvalue weighted by molar-refractivity contribution is -0.333. The van der Waals surface area contributed by atoms with Crippen LogP contribution in [0.3, 0.4) is 0 Å². The molecule has 0 aromatic carbocycles. The van der Waals surface area contributed by atoms with Crippen molar-refractivity contribution in [3.8, 4) is 0 Å². The highest BCUT2D eigenvalue weighted by atomic mass is 14.8. The van der Waals surface area contributed by atoms with E-state index in [1.54, 1.807) is 11.1 Å². The summed E-state index contributed by atoms with van der Waals surface area (Å²) < 4.78 is 0. The molecule has 0 amide bonds. The summed E-state index contributed by atoms with van der Waals surface area (Å²) in [5.41, 5.74) is 4.53. The van der Waals surface area contributed by atoms with Crippen LogP contribution in [-0.2, 0) is 0 Å². The molecule has 0 nitrogen and oxygen atoms in total. The van der Waals surface area contributed by atoms with E-state index in [4.69, 9.17) is 0 Å². The van der Waals surface area contributed by atoms with Gasteiger partial charge in [-0.15, -0.1) is 0 Å². The van der Waals surface area contributed by atoms with Gasteiger partial charge in [0.05, 0.1) is 0 Å². The van der Waals surface area contributed by atoms with Crippen LogP contribution in [-0.4, -0.2) is 0 Å². The quantitative estimate of drug-likeness (QED) is 0.380. The molecule has 0 aliphatic heterocycles. The Bertz CT molecular complexity index is 630. The predicted octanol–water partition coefficient (Wildman–Crippen LogP) is 8.52. The Morgan fingerprint density at radius 3 is 1.00 bits per heavy atom. The molecule has 26 heavy (non-hydrogen) atoms. The van der Waals surface area contributed by atoms with Crippen LogP contribution in [0.1, 0.15) is 111 Å². The second-order valence-electron chi connectivity index (χ2n) is 13.2. The van der Waals surface area contributed by atoms with Crippen molar-refractivity contribution in [2.24, 2.45) is 43.3 Å². The fourth-order valence-corrected chi connectivity index (χ4v) is 8.50. The second kappa shape index (κ2) is 4.83. The molecule has 3 aliphatic rings. The lowest BCUT2D eigenvalue weighted by atomic mass is 9.21. The zero-order valence-electron chi connectivity index (χ0n) is 21.0.